The Bertz CT molecular complexity index is 1240. The van der Waals surface area contributed by atoms with Crippen LogP contribution in [0.25, 0.3) is 11.1 Å². The Morgan fingerprint density at radius 2 is 1.94 bits per heavy atom. The molecule has 1 atom stereocenters. The van der Waals surface area contributed by atoms with E-state index in [1.54, 1.807) is 13.3 Å². The lowest BCUT2D eigenvalue weighted by Gasteiger charge is -2.19. The molecule has 0 radical (unpaired) electrons. The van der Waals surface area contributed by atoms with E-state index in [0.717, 1.165) is 52.7 Å². The maximum atomic E-state index is 11.8. The lowest BCUT2D eigenvalue weighted by atomic mass is 9.94. The van der Waals surface area contributed by atoms with Crippen LogP contribution >= 0.6 is 0 Å². The molecule has 7 nitrogen and oxygen atoms in total. The molecule has 0 amide bonds. The molecular weight excluding hydrogens is 440 g/mol. The summed E-state index contributed by atoms with van der Waals surface area (Å²) in [5.74, 6) is 1.38. The van der Waals surface area contributed by atoms with Crippen molar-refractivity contribution in [1.82, 2.24) is 10.3 Å². The summed E-state index contributed by atoms with van der Waals surface area (Å²) in [5, 5.41) is 3.26. The van der Waals surface area contributed by atoms with Gasteiger partial charge in [-0.05, 0) is 66.4 Å². The van der Waals surface area contributed by atoms with E-state index in [1.807, 2.05) is 49.4 Å². The van der Waals surface area contributed by atoms with Crippen molar-refractivity contribution in [2.75, 3.05) is 26.5 Å². The molecule has 0 fully saturated rings. The summed E-state index contributed by atoms with van der Waals surface area (Å²) in [4.78, 5) is 4.38. The molecule has 0 bridgehead atoms. The lowest BCUT2D eigenvalue weighted by molar-refractivity contribution is 0.215. The third-order valence-electron chi connectivity index (χ3n) is 5.53. The molecule has 1 aliphatic heterocycles. The first-order valence-corrected chi connectivity index (χ1v) is 12.6. The highest BCUT2D eigenvalue weighted by Crippen LogP contribution is 2.40. The number of nitrogens with zero attached hydrogens (tertiary/aromatic N) is 1. The highest BCUT2D eigenvalue weighted by atomic mass is 32.2. The molecule has 0 saturated carbocycles. The first-order chi connectivity index (χ1) is 15.8. The molecule has 1 aromatic heterocycles. The minimum absolute atomic E-state index is 0.334. The fourth-order valence-corrected chi connectivity index (χ4v) is 4.66. The van der Waals surface area contributed by atoms with Crippen LogP contribution in [0, 0.1) is 6.92 Å². The van der Waals surface area contributed by atoms with Gasteiger partial charge in [0, 0.05) is 12.7 Å². The number of fused-ring (bicyclic) bond motifs is 1. The molecule has 2 heterocycles. The molecule has 0 spiro atoms. The predicted molar refractivity (Wildman–Crippen MR) is 127 cm³/mol. The zero-order valence-corrected chi connectivity index (χ0v) is 19.8. The van der Waals surface area contributed by atoms with Crippen molar-refractivity contribution in [2.45, 2.75) is 26.1 Å². The second-order valence-corrected chi connectivity index (χ2v) is 9.70. The van der Waals surface area contributed by atoms with E-state index in [4.69, 9.17) is 13.7 Å². The minimum atomic E-state index is -3.59. The van der Waals surface area contributed by atoms with Gasteiger partial charge in [0.15, 0.2) is 0 Å². The quantitative estimate of drug-likeness (QED) is 0.528. The SMILES string of the molecule is COc1cccc(OCc2cc(C)ccn2)c1-c1ccc2c(c1)CCNCC2OS(C)(=O)=O. The Morgan fingerprint density at radius 1 is 1.12 bits per heavy atom. The van der Waals surface area contributed by atoms with Crippen LogP contribution in [0.3, 0.4) is 0 Å². The number of aromatic nitrogens is 1. The van der Waals surface area contributed by atoms with Gasteiger partial charge in [-0.15, -0.1) is 0 Å². The van der Waals surface area contributed by atoms with Crippen molar-refractivity contribution in [2.24, 2.45) is 0 Å². The van der Waals surface area contributed by atoms with Crippen molar-refractivity contribution < 1.29 is 22.1 Å². The summed E-state index contributed by atoms with van der Waals surface area (Å²) < 4.78 is 40.7. The first kappa shape index (κ1) is 23.2. The summed E-state index contributed by atoms with van der Waals surface area (Å²) >= 11 is 0. The highest BCUT2D eigenvalue weighted by Gasteiger charge is 2.24. The van der Waals surface area contributed by atoms with Gasteiger partial charge in [-0.1, -0.05) is 24.3 Å². The van der Waals surface area contributed by atoms with Crippen LogP contribution in [0.5, 0.6) is 11.5 Å². The van der Waals surface area contributed by atoms with E-state index in [0.29, 0.717) is 24.7 Å². The molecule has 0 aliphatic carbocycles. The van der Waals surface area contributed by atoms with Crippen molar-refractivity contribution in [1.29, 1.82) is 0 Å². The van der Waals surface area contributed by atoms with Crippen LogP contribution in [-0.4, -0.2) is 39.9 Å². The van der Waals surface area contributed by atoms with Gasteiger partial charge < -0.3 is 14.8 Å². The van der Waals surface area contributed by atoms with Gasteiger partial charge in [0.2, 0.25) is 0 Å². The molecule has 1 unspecified atom stereocenters. The van der Waals surface area contributed by atoms with Crippen LogP contribution < -0.4 is 14.8 Å². The van der Waals surface area contributed by atoms with E-state index in [9.17, 15) is 8.42 Å². The van der Waals surface area contributed by atoms with Gasteiger partial charge in [-0.25, -0.2) is 0 Å². The smallest absolute Gasteiger partial charge is 0.265 e. The summed E-state index contributed by atoms with van der Waals surface area (Å²) in [7, 11) is -1.95. The summed E-state index contributed by atoms with van der Waals surface area (Å²) in [6.07, 6.45) is 3.04. The number of methoxy groups -OCH3 is 1. The number of benzene rings is 2. The maximum absolute atomic E-state index is 11.8. The van der Waals surface area contributed by atoms with Crippen molar-refractivity contribution in [3.63, 3.8) is 0 Å². The fraction of sp³-hybridized carbons (Fsp3) is 0.320. The predicted octanol–water partition coefficient (Wildman–Crippen LogP) is 3.81. The van der Waals surface area contributed by atoms with E-state index < -0.39 is 16.2 Å². The summed E-state index contributed by atoms with van der Waals surface area (Å²) in [6, 6.07) is 15.6. The van der Waals surface area contributed by atoms with Crippen molar-refractivity contribution in [3.8, 4) is 22.6 Å². The molecule has 3 aromatic rings. The van der Waals surface area contributed by atoms with Gasteiger partial charge in [0.05, 0.1) is 24.6 Å². The third kappa shape index (κ3) is 5.71. The molecule has 1 aliphatic rings. The Morgan fingerprint density at radius 3 is 2.70 bits per heavy atom. The minimum Gasteiger partial charge on any atom is -0.496 e. The monoisotopic (exact) mass is 468 g/mol. The van der Waals surface area contributed by atoms with E-state index in [-0.39, 0.29) is 0 Å². The van der Waals surface area contributed by atoms with Crippen LogP contribution in [-0.2, 0) is 27.3 Å². The Kier molecular flexibility index (Phi) is 6.97. The molecule has 33 heavy (non-hydrogen) atoms. The topological polar surface area (TPSA) is 86.8 Å². The molecule has 174 valence electrons. The maximum Gasteiger partial charge on any atom is 0.265 e. The molecule has 4 rings (SSSR count). The zero-order valence-electron chi connectivity index (χ0n) is 19.0. The number of hydrogen-bond donors (Lipinski definition) is 1. The standard InChI is InChI=1S/C25H28N2O5S/c1-17-9-12-27-20(13-17)16-31-23-6-4-5-22(30-2)25(23)19-7-8-21-18(14-19)10-11-26-15-24(21)32-33(3,28)29/h4-9,12-14,24,26H,10-11,15-16H2,1-3H3. The molecular formula is C25H28N2O5S. The Hall–Kier alpha value is -2.94. The summed E-state index contributed by atoms with van der Waals surface area (Å²) in [5.41, 5.74) is 5.64. The van der Waals surface area contributed by atoms with Crippen LogP contribution in [0.4, 0.5) is 0 Å². The van der Waals surface area contributed by atoms with Crippen LogP contribution in [0.15, 0.2) is 54.7 Å². The van der Waals surface area contributed by atoms with Crippen LogP contribution in [0.2, 0.25) is 0 Å². The van der Waals surface area contributed by atoms with E-state index in [2.05, 4.69) is 16.4 Å². The average Bonchev–Trinajstić information content (AvgIpc) is 2.98. The Labute approximate surface area is 194 Å². The van der Waals surface area contributed by atoms with Gasteiger partial charge >= 0.3 is 0 Å². The first-order valence-electron chi connectivity index (χ1n) is 10.8. The summed E-state index contributed by atoms with van der Waals surface area (Å²) in [6.45, 7) is 3.52. The number of aryl methyl sites for hydroxylation is 1. The number of hydrogen-bond acceptors (Lipinski definition) is 7. The third-order valence-corrected chi connectivity index (χ3v) is 6.11. The fourth-order valence-electron chi connectivity index (χ4n) is 4.07. The average molecular weight is 469 g/mol. The second kappa shape index (κ2) is 9.91. The van der Waals surface area contributed by atoms with Gasteiger partial charge in [0.1, 0.15) is 24.2 Å². The van der Waals surface area contributed by atoms with Crippen molar-refractivity contribution >= 4 is 10.1 Å². The lowest BCUT2D eigenvalue weighted by Crippen LogP contribution is -2.23. The second-order valence-electron chi connectivity index (χ2n) is 8.10. The molecule has 2 aromatic carbocycles. The number of pyridine rings is 1. The van der Waals surface area contributed by atoms with Crippen LogP contribution in [0.1, 0.15) is 28.5 Å². The van der Waals surface area contributed by atoms with E-state index in [1.165, 1.54) is 0 Å². The van der Waals surface area contributed by atoms with Gasteiger partial charge in [-0.3, -0.25) is 9.17 Å². The number of nitrogens with one attached hydrogen (secondary N) is 1. The number of ether oxygens (including phenoxy) is 2. The zero-order chi connectivity index (χ0) is 23.4. The largest absolute Gasteiger partial charge is 0.496 e. The molecule has 1 N–H and O–H groups in total. The number of rotatable bonds is 7. The van der Waals surface area contributed by atoms with Crippen molar-refractivity contribution in [3.05, 3.63) is 77.1 Å². The van der Waals surface area contributed by atoms with E-state index >= 15 is 0 Å². The highest BCUT2D eigenvalue weighted by molar-refractivity contribution is 7.86. The van der Waals surface area contributed by atoms with Gasteiger partial charge in [-0.2, -0.15) is 8.42 Å². The molecule has 8 heteroatoms. The van der Waals surface area contributed by atoms with Gasteiger partial charge in [0.25, 0.3) is 10.1 Å². The molecule has 0 saturated heterocycles. The normalized spacial score (nSPS) is 16.0. The Balaban J connectivity index is 1.70.